The van der Waals surface area contributed by atoms with Gasteiger partial charge < -0.3 is 9.80 Å². The maximum atomic E-state index is 17.4. The minimum absolute atomic E-state index is 0.0524. The number of rotatable bonds is 8. The fourth-order valence-electron chi connectivity index (χ4n) is 7.90. The van der Waals surface area contributed by atoms with Crippen molar-refractivity contribution in [2.24, 2.45) is 0 Å². The Morgan fingerprint density at radius 1 is 0.404 bits per heavy atom. The molecule has 2 aromatic heterocycles. The van der Waals surface area contributed by atoms with Crippen molar-refractivity contribution in [1.82, 2.24) is 0 Å². The highest BCUT2D eigenvalue weighted by Gasteiger charge is 2.80. The Morgan fingerprint density at radius 2 is 0.702 bits per heavy atom. The van der Waals surface area contributed by atoms with Gasteiger partial charge in [0, 0.05) is 74.9 Å². The summed E-state index contributed by atoms with van der Waals surface area (Å²) in [6.07, 6.45) is 0. The summed E-state index contributed by atoms with van der Waals surface area (Å²) >= 11 is 2.55. The molecule has 1 aliphatic rings. The van der Waals surface area contributed by atoms with E-state index in [-0.39, 0.29) is 33.3 Å². The van der Waals surface area contributed by atoms with Gasteiger partial charge in [0.15, 0.2) is 0 Å². The molecule has 10 heteroatoms. The average molecular weight is 803 g/mol. The van der Waals surface area contributed by atoms with Crippen molar-refractivity contribution in [2.75, 3.05) is 9.80 Å². The minimum atomic E-state index is -5.81. The third kappa shape index (κ3) is 5.76. The maximum Gasteiger partial charge on any atom is 0.380 e. The smallest absolute Gasteiger partial charge is 0.310 e. The number of halogens is 6. The highest BCUT2D eigenvalue weighted by molar-refractivity contribution is 7.19. The highest BCUT2D eigenvalue weighted by atomic mass is 32.1. The number of hydrogen-bond acceptors (Lipinski definition) is 4. The standard InChI is InChI=1S/C47H32F6N2S2/c1-29-27-35-39(56-29)25-23-37(54(31-15-7-3-8-16-31)32-17-9-4-10-18-32)41(35)43-44(46(50,51)47(52,53)45(43,48)49)42-36-28-30(2)57-40(36)26-24-38(42)55(33-19-11-5-12-20-33)34-21-13-6-14-22-34/h3-28H,1-2H3. The van der Waals surface area contributed by atoms with Crippen LogP contribution in [-0.4, -0.2) is 17.8 Å². The first kappa shape index (κ1) is 36.8. The first-order chi connectivity index (χ1) is 27.4. The molecule has 0 amide bonds. The van der Waals surface area contributed by atoms with E-state index in [2.05, 4.69) is 0 Å². The molecule has 2 nitrogen and oxygen atoms in total. The van der Waals surface area contributed by atoms with Crippen LogP contribution in [0.4, 0.5) is 60.5 Å². The molecule has 0 N–H and O–H groups in total. The van der Waals surface area contributed by atoms with Crippen molar-refractivity contribution in [3.63, 3.8) is 0 Å². The van der Waals surface area contributed by atoms with Gasteiger partial charge in [0.05, 0.1) is 11.4 Å². The molecule has 0 bridgehead atoms. The zero-order chi connectivity index (χ0) is 39.7. The fourth-order valence-corrected chi connectivity index (χ4v) is 9.77. The van der Waals surface area contributed by atoms with E-state index in [1.165, 1.54) is 22.7 Å². The summed E-state index contributed by atoms with van der Waals surface area (Å²) in [5, 5.41) is 0.344. The largest absolute Gasteiger partial charge is 0.380 e. The lowest BCUT2D eigenvalue weighted by Crippen LogP contribution is -2.49. The molecule has 2 heterocycles. The van der Waals surface area contributed by atoms with Crippen LogP contribution in [0.3, 0.4) is 0 Å². The van der Waals surface area contributed by atoms with Gasteiger partial charge >= 0.3 is 17.8 Å². The third-order valence-corrected chi connectivity index (χ3v) is 12.3. The fraction of sp³-hybridized carbons (Fsp3) is 0.106. The van der Waals surface area contributed by atoms with Crippen LogP contribution in [0.15, 0.2) is 158 Å². The van der Waals surface area contributed by atoms with Gasteiger partial charge in [-0.15, -0.1) is 22.7 Å². The van der Waals surface area contributed by atoms with Crippen molar-refractivity contribution in [1.29, 1.82) is 0 Å². The average Bonchev–Trinajstić information content (AvgIpc) is 3.82. The Kier molecular flexibility index (Phi) is 8.82. The predicted octanol–water partition coefficient (Wildman–Crippen LogP) is 15.5. The molecule has 9 rings (SSSR count). The Morgan fingerprint density at radius 3 is 1.00 bits per heavy atom. The normalized spacial score (nSPS) is 15.7. The molecular formula is C47H32F6N2S2. The van der Waals surface area contributed by atoms with Crippen LogP contribution in [0.2, 0.25) is 0 Å². The Labute approximate surface area is 333 Å². The number of nitrogens with zero attached hydrogens (tertiary/aromatic N) is 2. The van der Waals surface area contributed by atoms with Crippen molar-refractivity contribution in [3.8, 4) is 0 Å². The molecule has 1 aliphatic carbocycles. The SMILES string of the molecule is Cc1cc2c(C3=C(c4c(N(c5ccccc5)c5ccccc5)ccc5sc(C)cc45)C(F)(F)C(F)(F)C3(F)F)c(N(c3ccccc3)c3ccccc3)ccc2s1. The summed E-state index contributed by atoms with van der Waals surface area (Å²) in [5.41, 5.74) is -1.40. The molecule has 0 atom stereocenters. The van der Waals surface area contributed by atoms with Gasteiger partial charge in [0.2, 0.25) is 0 Å². The molecule has 0 saturated carbocycles. The van der Waals surface area contributed by atoms with Crippen molar-refractivity contribution in [2.45, 2.75) is 31.6 Å². The lowest BCUT2D eigenvalue weighted by molar-refractivity contribution is -0.254. The summed E-state index contributed by atoms with van der Waals surface area (Å²) in [6.45, 7) is 3.55. The van der Waals surface area contributed by atoms with E-state index in [1.807, 2.05) is 0 Å². The number of fused-ring (bicyclic) bond motifs is 2. The Hall–Kier alpha value is -5.84. The third-order valence-electron chi connectivity index (χ3n) is 10.3. The van der Waals surface area contributed by atoms with Gasteiger partial charge in [-0.3, -0.25) is 0 Å². The van der Waals surface area contributed by atoms with E-state index in [4.69, 9.17) is 0 Å². The quantitative estimate of drug-likeness (QED) is 0.141. The number of benzene rings is 6. The van der Waals surface area contributed by atoms with E-state index in [0.717, 1.165) is 0 Å². The van der Waals surface area contributed by atoms with Gasteiger partial charge in [-0.25, -0.2) is 0 Å². The highest BCUT2D eigenvalue weighted by Crippen LogP contribution is 2.68. The van der Waals surface area contributed by atoms with Crippen molar-refractivity contribution in [3.05, 3.63) is 179 Å². The number of alkyl halides is 6. The van der Waals surface area contributed by atoms with Gasteiger partial charge in [0.25, 0.3) is 0 Å². The van der Waals surface area contributed by atoms with Crippen LogP contribution in [0.1, 0.15) is 20.9 Å². The molecule has 8 aromatic rings. The second-order valence-electron chi connectivity index (χ2n) is 13.9. The summed E-state index contributed by atoms with van der Waals surface area (Å²) < 4.78 is 104. The number of anilines is 6. The summed E-state index contributed by atoms with van der Waals surface area (Å²) in [4.78, 5) is 4.72. The number of allylic oxidation sites excluding steroid dienone is 2. The number of para-hydroxylation sites is 4. The molecule has 57 heavy (non-hydrogen) atoms. The van der Waals surface area contributed by atoms with Gasteiger partial charge in [-0.2, -0.15) is 26.3 Å². The van der Waals surface area contributed by atoms with Crippen LogP contribution in [0, 0.1) is 13.8 Å². The topological polar surface area (TPSA) is 6.48 Å². The maximum absolute atomic E-state index is 17.4. The van der Waals surface area contributed by atoms with E-state index in [9.17, 15) is 0 Å². The lowest BCUT2D eigenvalue weighted by atomic mass is 9.88. The molecule has 0 fully saturated rings. The monoisotopic (exact) mass is 802 g/mol. The first-order valence-electron chi connectivity index (χ1n) is 18.2. The number of aryl methyl sites for hydroxylation is 2. The second-order valence-corrected chi connectivity index (χ2v) is 16.5. The Balaban J connectivity index is 1.49. The predicted molar refractivity (Wildman–Crippen MR) is 224 cm³/mol. The summed E-state index contributed by atoms with van der Waals surface area (Å²) in [6, 6.07) is 45.2. The zero-order valence-electron chi connectivity index (χ0n) is 30.5. The van der Waals surface area contributed by atoms with E-state index in [1.54, 1.807) is 181 Å². The zero-order valence-corrected chi connectivity index (χ0v) is 32.1. The molecule has 0 spiro atoms. The van der Waals surface area contributed by atoms with E-state index in [0.29, 0.717) is 41.9 Å². The van der Waals surface area contributed by atoms with E-state index >= 15 is 26.3 Å². The van der Waals surface area contributed by atoms with Gasteiger partial charge in [0.1, 0.15) is 0 Å². The van der Waals surface area contributed by atoms with Crippen molar-refractivity contribution >= 4 is 88.1 Å². The van der Waals surface area contributed by atoms with Crippen LogP contribution in [0.5, 0.6) is 0 Å². The van der Waals surface area contributed by atoms with Crippen LogP contribution >= 0.6 is 22.7 Å². The number of hydrogen-bond donors (Lipinski definition) is 0. The minimum Gasteiger partial charge on any atom is -0.310 e. The summed E-state index contributed by atoms with van der Waals surface area (Å²) in [7, 11) is 0. The molecule has 0 saturated heterocycles. The molecule has 284 valence electrons. The van der Waals surface area contributed by atoms with Crippen molar-refractivity contribution < 1.29 is 26.3 Å². The molecule has 0 aliphatic heterocycles. The van der Waals surface area contributed by atoms with Crippen LogP contribution in [0.25, 0.3) is 31.3 Å². The van der Waals surface area contributed by atoms with Crippen LogP contribution in [-0.2, 0) is 0 Å². The first-order valence-corrected chi connectivity index (χ1v) is 19.8. The summed E-state index contributed by atoms with van der Waals surface area (Å²) in [5.74, 6) is -16.5. The van der Waals surface area contributed by atoms with E-state index < -0.39 is 28.9 Å². The molecule has 6 aromatic carbocycles. The molecule has 0 unspecified atom stereocenters. The van der Waals surface area contributed by atoms with Crippen LogP contribution < -0.4 is 9.80 Å². The lowest BCUT2D eigenvalue weighted by Gasteiger charge is -2.31. The second kappa shape index (κ2) is 13.7. The molecule has 0 radical (unpaired) electrons. The van der Waals surface area contributed by atoms with Gasteiger partial charge in [-0.1, -0.05) is 72.8 Å². The molecular weight excluding hydrogens is 771 g/mol. The van der Waals surface area contributed by atoms with Gasteiger partial charge in [-0.05, 0) is 98.8 Å². The Bertz CT molecular complexity index is 2530. The number of thiophene rings is 2.